The summed E-state index contributed by atoms with van der Waals surface area (Å²) in [5.41, 5.74) is 0.378. The third kappa shape index (κ3) is 2.91. The first-order valence-corrected chi connectivity index (χ1v) is 9.08. The van der Waals surface area contributed by atoms with Crippen molar-refractivity contribution in [3.63, 3.8) is 0 Å². The Bertz CT molecular complexity index is 804. The van der Waals surface area contributed by atoms with Gasteiger partial charge in [0.1, 0.15) is 5.44 Å². The van der Waals surface area contributed by atoms with E-state index in [0.29, 0.717) is 21.9 Å². The maximum atomic E-state index is 14.2. The zero-order chi connectivity index (χ0) is 17.0. The van der Waals surface area contributed by atoms with Gasteiger partial charge >= 0.3 is 6.01 Å². The van der Waals surface area contributed by atoms with Gasteiger partial charge in [0.05, 0.1) is 14.2 Å². The molecule has 0 unspecified atom stereocenters. The third-order valence-electron chi connectivity index (χ3n) is 3.62. The van der Waals surface area contributed by atoms with Crippen molar-refractivity contribution in [1.82, 2.24) is 9.97 Å². The number of aromatic nitrogens is 2. The van der Waals surface area contributed by atoms with Gasteiger partial charge in [0.2, 0.25) is 5.88 Å². The molecule has 3 rings (SSSR count). The largest absolute Gasteiger partial charge is 0.481 e. The molecule has 0 saturated carbocycles. The summed E-state index contributed by atoms with van der Waals surface area (Å²) in [4.78, 5) is 8.44. The predicted molar refractivity (Wildman–Crippen MR) is 94.5 cm³/mol. The molecular weight excluding hydrogens is 323 g/mol. The summed E-state index contributed by atoms with van der Waals surface area (Å²) >= 11 is 0. The maximum Gasteiger partial charge on any atom is 0.320 e. The van der Waals surface area contributed by atoms with Crippen LogP contribution in [0.1, 0.15) is 0 Å². The van der Waals surface area contributed by atoms with E-state index >= 15 is 0 Å². The van der Waals surface area contributed by atoms with Gasteiger partial charge in [-0.3, -0.25) is 0 Å². The van der Waals surface area contributed by atoms with Gasteiger partial charge < -0.3 is 14.0 Å². The SMILES string of the molecule is COc1cc(P(=O)(c2ccccc2)c2ccccc2)nc(OC)n1. The third-order valence-corrected chi connectivity index (χ3v) is 6.55. The summed E-state index contributed by atoms with van der Waals surface area (Å²) in [7, 11) is -0.200. The molecule has 1 heterocycles. The first-order valence-electron chi connectivity index (χ1n) is 7.37. The molecule has 0 N–H and O–H groups in total. The molecule has 122 valence electrons. The first kappa shape index (κ1) is 16.2. The Kier molecular flexibility index (Phi) is 4.63. The van der Waals surface area contributed by atoms with Gasteiger partial charge in [-0.15, -0.1) is 0 Å². The molecular formula is C18H17N2O3P. The smallest absolute Gasteiger partial charge is 0.320 e. The number of nitrogens with zero attached hydrogens (tertiary/aromatic N) is 2. The van der Waals surface area contributed by atoms with E-state index in [9.17, 15) is 4.57 Å². The van der Waals surface area contributed by atoms with Gasteiger partial charge in [0.25, 0.3) is 0 Å². The lowest BCUT2D eigenvalue weighted by Gasteiger charge is -2.19. The highest BCUT2D eigenvalue weighted by molar-refractivity contribution is 7.85. The molecule has 0 amide bonds. The number of hydrogen-bond acceptors (Lipinski definition) is 5. The van der Waals surface area contributed by atoms with Crippen molar-refractivity contribution < 1.29 is 14.0 Å². The van der Waals surface area contributed by atoms with E-state index in [1.54, 1.807) is 6.07 Å². The molecule has 2 aromatic carbocycles. The van der Waals surface area contributed by atoms with Crippen LogP contribution in [-0.2, 0) is 4.57 Å². The van der Waals surface area contributed by atoms with Crippen molar-refractivity contribution in [3.8, 4) is 11.9 Å². The van der Waals surface area contributed by atoms with Crippen molar-refractivity contribution >= 4 is 23.2 Å². The van der Waals surface area contributed by atoms with Crippen molar-refractivity contribution in [2.75, 3.05) is 14.2 Å². The molecule has 0 fully saturated rings. The first-order chi connectivity index (χ1) is 11.7. The van der Waals surface area contributed by atoms with Crippen LogP contribution in [0.25, 0.3) is 0 Å². The lowest BCUT2D eigenvalue weighted by molar-refractivity contribution is 0.353. The fourth-order valence-corrected chi connectivity index (χ4v) is 4.97. The summed E-state index contributed by atoms with van der Waals surface area (Å²) in [6, 6.07) is 20.3. The highest BCUT2D eigenvalue weighted by Gasteiger charge is 2.32. The summed E-state index contributed by atoms with van der Waals surface area (Å²) in [6.07, 6.45) is 0. The van der Waals surface area contributed by atoms with Crippen LogP contribution in [0.4, 0.5) is 0 Å². The quantitative estimate of drug-likeness (QED) is 0.666. The van der Waals surface area contributed by atoms with Gasteiger partial charge in [-0.1, -0.05) is 60.7 Å². The Morgan fingerprint density at radius 1 is 0.792 bits per heavy atom. The van der Waals surface area contributed by atoms with Crippen LogP contribution in [-0.4, -0.2) is 24.2 Å². The van der Waals surface area contributed by atoms with Crippen LogP contribution in [0.2, 0.25) is 0 Å². The van der Waals surface area contributed by atoms with E-state index < -0.39 is 7.14 Å². The average Bonchev–Trinajstić information content (AvgIpc) is 2.68. The molecule has 0 aliphatic carbocycles. The molecule has 1 aromatic heterocycles. The topological polar surface area (TPSA) is 61.3 Å². The summed E-state index contributed by atoms with van der Waals surface area (Å²) in [5.74, 6) is 0.309. The maximum absolute atomic E-state index is 14.2. The monoisotopic (exact) mass is 340 g/mol. The van der Waals surface area contributed by atoms with E-state index in [1.807, 2.05) is 60.7 Å². The average molecular weight is 340 g/mol. The molecule has 0 radical (unpaired) electrons. The van der Waals surface area contributed by atoms with Crippen LogP contribution < -0.4 is 25.5 Å². The van der Waals surface area contributed by atoms with Crippen molar-refractivity contribution in [3.05, 3.63) is 66.7 Å². The van der Waals surface area contributed by atoms with Gasteiger partial charge in [-0.2, -0.15) is 9.97 Å². The number of methoxy groups -OCH3 is 2. The summed E-state index contributed by atoms with van der Waals surface area (Å²) < 4.78 is 24.5. The van der Waals surface area contributed by atoms with Crippen LogP contribution in [0, 0.1) is 0 Å². The fraction of sp³-hybridized carbons (Fsp3) is 0.111. The van der Waals surface area contributed by atoms with Gasteiger partial charge in [-0.05, 0) is 0 Å². The standard InChI is InChI=1S/C18H17N2O3P/c1-22-16-13-17(20-18(19-16)23-2)24(21,14-9-5-3-6-10-14)15-11-7-4-8-12-15/h3-13H,1-2H3. The second-order valence-corrected chi connectivity index (χ2v) is 7.75. The molecule has 3 aromatic rings. The molecule has 5 nitrogen and oxygen atoms in total. The van der Waals surface area contributed by atoms with Crippen LogP contribution in [0.15, 0.2) is 66.7 Å². The highest BCUT2D eigenvalue weighted by atomic mass is 31.2. The second-order valence-electron chi connectivity index (χ2n) is 5.04. The van der Waals surface area contributed by atoms with E-state index in [-0.39, 0.29) is 6.01 Å². The molecule has 6 heteroatoms. The Morgan fingerprint density at radius 2 is 1.33 bits per heavy atom. The highest BCUT2D eigenvalue weighted by Crippen LogP contribution is 2.42. The zero-order valence-electron chi connectivity index (χ0n) is 13.4. The Morgan fingerprint density at radius 3 is 1.79 bits per heavy atom. The molecule has 24 heavy (non-hydrogen) atoms. The van der Waals surface area contributed by atoms with Crippen molar-refractivity contribution in [2.24, 2.45) is 0 Å². The van der Waals surface area contributed by atoms with Gasteiger partial charge in [0, 0.05) is 16.7 Å². The number of hydrogen-bond donors (Lipinski definition) is 0. The lowest BCUT2D eigenvalue weighted by atomic mass is 10.4. The molecule has 0 spiro atoms. The van der Waals surface area contributed by atoms with E-state index in [1.165, 1.54) is 14.2 Å². The van der Waals surface area contributed by atoms with Crippen LogP contribution in [0.5, 0.6) is 11.9 Å². The lowest BCUT2D eigenvalue weighted by Crippen LogP contribution is -2.27. The Balaban J connectivity index is 2.29. The molecule has 0 saturated heterocycles. The Hall–Kier alpha value is -2.65. The van der Waals surface area contributed by atoms with Crippen LogP contribution in [0.3, 0.4) is 0 Å². The normalized spacial score (nSPS) is 11.1. The summed E-state index contributed by atoms with van der Waals surface area (Å²) in [6.45, 7) is 0. The van der Waals surface area contributed by atoms with E-state index in [4.69, 9.17) is 9.47 Å². The van der Waals surface area contributed by atoms with E-state index in [2.05, 4.69) is 9.97 Å². The molecule has 0 aliphatic heterocycles. The molecule has 0 bridgehead atoms. The number of rotatable bonds is 5. The van der Waals surface area contributed by atoms with Gasteiger partial charge in [0.15, 0.2) is 7.14 Å². The number of ether oxygens (including phenoxy) is 2. The Labute approximate surface area is 140 Å². The van der Waals surface area contributed by atoms with Gasteiger partial charge in [-0.25, -0.2) is 0 Å². The number of benzene rings is 2. The van der Waals surface area contributed by atoms with E-state index in [0.717, 1.165) is 0 Å². The fourth-order valence-electron chi connectivity index (χ4n) is 2.44. The predicted octanol–water partition coefficient (Wildman–Crippen LogP) is 2.13. The molecule has 0 atom stereocenters. The minimum Gasteiger partial charge on any atom is -0.481 e. The van der Waals surface area contributed by atoms with Crippen molar-refractivity contribution in [1.29, 1.82) is 0 Å². The minimum absolute atomic E-state index is 0.122. The zero-order valence-corrected chi connectivity index (χ0v) is 14.3. The summed E-state index contributed by atoms with van der Waals surface area (Å²) in [5, 5.41) is 1.39. The second kappa shape index (κ2) is 6.85. The van der Waals surface area contributed by atoms with Crippen molar-refractivity contribution in [2.45, 2.75) is 0 Å². The minimum atomic E-state index is -3.17. The van der Waals surface area contributed by atoms with Crippen LogP contribution >= 0.6 is 7.14 Å². The molecule has 0 aliphatic rings.